The summed E-state index contributed by atoms with van der Waals surface area (Å²) in [4.78, 5) is 42.2. The van der Waals surface area contributed by atoms with Crippen LogP contribution in [0.2, 0.25) is 0 Å². The van der Waals surface area contributed by atoms with Gasteiger partial charge < -0.3 is 5.73 Å². The third kappa shape index (κ3) is 6.42. The van der Waals surface area contributed by atoms with Crippen LogP contribution in [0.15, 0.2) is 24.3 Å². The summed E-state index contributed by atoms with van der Waals surface area (Å²) in [5.74, 6) is -0.616. The number of nitrogens with one attached hydrogen (secondary N) is 1. The highest BCUT2D eigenvalue weighted by Crippen LogP contribution is 2.26. The van der Waals surface area contributed by atoms with E-state index in [2.05, 4.69) is 15.9 Å². The molecule has 110 valence electrons. The zero-order chi connectivity index (χ0) is 15.8. The molecule has 0 heterocycles. The third-order valence-electron chi connectivity index (χ3n) is 2.59. The molecular formula is C13H17BrN2O4. The number of carbonyl (C=O) groups is 4. The van der Waals surface area contributed by atoms with Gasteiger partial charge in [-0.2, -0.15) is 0 Å². The van der Waals surface area contributed by atoms with Gasteiger partial charge in [-0.15, -0.1) is 0 Å². The maximum Gasteiger partial charge on any atom is 0.318 e. The number of halogens is 1. The maximum atomic E-state index is 11.3. The standard InChI is InChI=1S/C7H13BrN2O2.C6H4O2/c1-3-7(8,4-2)5(11)10-6(9)12;7-5-1-2-6(8)4-3-5/h3-4H2,1-2H3,(H3,9,10,11,12);1-4H. The first-order valence-electron chi connectivity index (χ1n) is 5.99. The first-order chi connectivity index (χ1) is 9.25. The van der Waals surface area contributed by atoms with Gasteiger partial charge in [0.25, 0.3) is 0 Å². The van der Waals surface area contributed by atoms with Crippen LogP contribution in [0, 0.1) is 0 Å². The quantitative estimate of drug-likeness (QED) is 0.595. The molecule has 1 aliphatic carbocycles. The molecule has 0 aromatic carbocycles. The number of rotatable bonds is 3. The summed E-state index contributed by atoms with van der Waals surface area (Å²) >= 11 is 3.26. The molecule has 7 heteroatoms. The van der Waals surface area contributed by atoms with Crippen molar-refractivity contribution in [1.82, 2.24) is 5.32 Å². The highest BCUT2D eigenvalue weighted by atomic mass is 79.9. The predicted molar refractivity (Wildman–Crippen MR) is 78.3 cm³/mol. The summed E-state index contributed by atoms with van der Waals surface area (Å²) in [6.07, 6.45) is 6.24. The molecule has 3 N–H and O–H groups in total. The Kier molecular flexibility index (Phi) is 7.68. The van der Waals surface area contributed by atoms with E-state index in [0.29, 0.717) is 12.8 Å². The fraction of sp³-hybridized carbons (Fsp3) is 0.385. The highest BCUT2D eigenvalue weighted by molar-refractivity contribution is 9.10. The van der Waals surface area contributed by atoms with E-state index in [9.17, 15) is 19.2 Å². The van der Waals surface area contributed by atoms with E-state index in [0.717, 1.165) is 0 Å². The predicted octanol–water partition coefficient (Wildman–Crippen LogP) is 1.39. The van der Waals surface area contributed by atoms with Crippen LogP contribution in [-0.4, -0.2) is 27.8 Å². The second-order valence-electron chi connectivity index (χ2n) is 3.96. The molecule has 0 spiro atoms. The molecule has 0 saturated carbocycles. The Hall–Kier alpha value is -1.76. The minimum atomic E-state index is -0.814. The normalized spacial score (nSPS) is 13.6. The van der Waals surface area contributed by atoms with Crippen molar-refractivity contribution in [3.63, 3.8) is 0 Å². The SMILES string of the molecule is CCC(Br)(CC)C(=O)NC(N)=O.O=C1C=CC(=O)C=C1. The van der Waals surface area contributed by atoms with E-state index in [4.69, 9.17) is 5.73 Å². The van der Waals surface area contributed by atoms with E-state index < -0.39 is 10.4 Å². The maximum absolute atomic E-state index is 11.3. The Morgan fingerprint density at radius 1 is 1.10 bits per heavy atom. The second-order valence-corrected chi connectivity index (χ2v) is 5.48. The van der Waals surface area contributed by atoms with Crippen LogP contribution in [0.3, 0.4) is 0 Å². The zero-order valence-electron chi connectivity index (χ0n) is 11.3. The average molecular weight is 345 g/mol. The van der Waals surface area contributed by atoms with Gasteiger partial charge in [0.2, 0.25) is 5.91 Å². The molecule has 1 rings (SSSR count). The van der Waals surface area contributed by atoms with Crippen molar-refractivity contribution in [2.24, 2.45) is 5.73 Å². The summed E-state index contributed by atoms with van der Waals surface area (Å²) in [5, 5.41) is 2.04. The summed E-state index contributed by atoms with van der Waals surface area (Å²) in [7, 11) is 0. The number of amides is 3. The number of hydrogen-bond acceptors (Lipinski definition) is 4. The minimum absolute atomic E-state index is 0.121. The lowest BCUT2D eigenvalue weighted by Crippen LogP contribution is -2.46. The molecular weight excluding hydrogens is 328 g/mol. The van der Waals surface area contributed by atoms with E-state index in [1.165, 1.54) is 24.3 Å². The first-order valence-corrected chi connectivity index (χ1v) is 6.78. The van der Waals surface area contributed by atoms with Gasteiger partial charge in [-0.05, 0) is 37.1 Å². The summed E-state index contributed by atoms with van der Waals surface area (Å²) in [6.45, 7) is 3.72. The van der Waals surface area contributed by atoms with Gasteiger partial charge in [0.05, 0.1) is 0 Å². The van der Waals surface area contributed by atoms with Crippen LogP contribution in [0.1, 0.15) is 26.7 Å². The highest BCUT2D eigenvalue weighted by Gasteiger charge is 2.32. The first kappa shape index (κ1) is 18.2. The Bertz CT molecular complexity index is 427. The van der Waals surface area contributed by atoms with Gasteiger partial charge in [-0.3, -0.25) is 19.7 Å². The van der Waals surface area contributed by atoms with Crippen molar-refractivity contribution in [1.29, 1.82) is 0 Å². The Morgan fingerprint density at radius 3 is 1.70 bits per heavy atom. The molecule has 20 heavy (non-hydrogen) atoms. The second kappa shape index (κ2) is 8.42. The molecule has 0 bridgehead atoms. The summed E-state index contributed by atoms with van der Waals surface area (Å²) in [5.41, 5.74) is 4.81. The molecule has 0 radical (unpaired) electrons. The molecule has 0 atom stereocenters. The summed E-state index contributed by atoms with van der Waals surface area (Å²) < 4.78 is -0.665. The Morgan fingerprint density at radius 2 is 1.45 bits per heavy atom. The lowest BCUT2D eigenvalue weighted by molar-refractivity contribution is -0.122. The fourth-order valence-corrected chi connectivity index (χ4v) is 1.33. The lowest BCUT2D eigenvalue weighted by Gasteiger charge is -2.21. The monoisotopic (exact) mass is 344 g/mol. The molecule has 1 aliphatic rings. The van der Waals surface area contributed by atoms with Gasteiger partial charge in [0, 0.05) is 0 Å². The van der Waals surface area contributed by atoms with E-state index in [1.807, 2.05) is 19.2 Å². The van der Waals surface area contributed by atoms with Gasteiger partial charge in [0.15, 0.2) is 11.6 Å². The molecule has 3 amide bonds. The zero-order valence-corrected chi connectivity index (χ0v) is 12.9. The smallest absolute Gasteiger partial charge is 0.318 e. The molecule has 0 fully saturated rings. The molecule has 0 aromatic rings. The summed E-state index contributed by atoms with van der Waals surface area (Å²) in [6, 6.07) is -0.814. The van der Waals surface area contributed by atoms with Crippen LogP contribution < -0.4 is 11.1 Å². The number of imide groups is 1. The molecule has 6 nitrogen and oxygen atoms in total. The Balaban J connectivity index is 0.000000388. The number of carbonyl (C=O) groups excluding carboxylic acids is 4. The van der Waals surface area contributed by atoms with Crippen molar-refractivity contribution in [3.05, 3.63) is 24.3 Å². The van der Waals surface area contributed by atoms with Crippen molar-refractivity contribution in [3.8, 4) is 0 Å². The number of nitrogens with two attached hydrogens (primary N) is 1. The van der Waals surface area contributed by atoms with Crippen LogP contribution >= 0.6 is 15.9 Å². The molecule has 0 saturated heterocycles. The third-order valence-corrected chi connectivity index (χ3v) is 4.07. The number of alkyl halides is 1. The van der Waals surface area contributed by atoms with E-state index >= 15 is 0 Å². The van der Waals surface area contributed by atoms with E-state index in [1.54, 1.807) is 0 Å². The van der Waals surface area contributed by atoms with E-state index in [-0.39, 0.29) is 17.5 Å². The van der Waals surface area contributed by atoms with Gasteiger partial charge in [0.1, 0.15) is 4.32 Å². The molecule has 0 aliphatic heterocycles. The Labute approximate surface area is 125 Å². The lowest BCUT2D eigenvalue weighted by atomic mass is 10.0. The van der Waals surface area contributed by atoms with Gasteiger partial charge in [-0.1, -0.05) is 29.8 Å². The molecule has 0 aromatic heterocycles. The number of urea groups is 1. The number of ketones is 2. The van der Waals surface area contributed by atoms with Crippen molar-refractivity contribution >= 4 is 39.4 Å². The van der Waals surface area contributed by atoms with Crippen LogP contribution in [-0.2, 0) is 14.4 Å². The minimum Gasteiger partial charge on any atom is -0.351 e. The molecule has 0 unspecified atom stereocenters. The number of allylic oxidation sites excluding steroid dienone is 4. The van der Waals surface area contributed by atoms with Crippen LogP contribution in [0.4, 0.5) is 4.79 Å². The number of hydrogen-bond donors (Lipinski definition) is 2. The average Bonchev–Trinajstić information content (AvgIpc) is 2.41. The van der Waals surface area contributed by atoms with Crippen LogP contribution in [0.5, 0.6) is 0 Å². The largest absolute Gasteiger partial charge is 0.351 e. The van der Waals surface area contributed by atoms with Gasteiger partial charge >= 0.3 is 6.03 Å². The van der Waals surface area contributed by atoms with Crippen molar-refractivity contribution < 1.29 is 19.2 Å². The van der Waals surface area contributed by atoms with Crippen molar-refractivity contribution in [2.75, 3.05) is 0 Å². The fourth-order valence-electron chi connectivity index (χ4n) is 1.23. The number of primary amides is 1. The van der Waals surface area contributed by atoms with Gasteiger partial charge in [-0.25, -0.2) is 4.79 Å². The van der Waals surface area contributed by atoms with Crippen molar-refractivity contribution in [2.45, 2.75) is 31.0 Å². The van der Waals surface area contributed by atoms with Crippen LogP contribution in [0.25, 0.3) is 0 Å². The topological polar surface area (TPSA) is 106 Å².